The maximum atomic E-state index is 5.88. The van der Waals surface area contributed by atoms with Crippen LogP contribution in [0.2, 0.25) is 0 Å². The van der Waals surface area contributed by atoms with Gasteiger partial charge in [0, 0.05) is 26.2 Å². The van der Waals surface area contributed by atoms with Gasteiger partial charge >= 0.3 is 0 Å². The zero-order chi connectivity index (χ0) is 13.8. The number of hydrogen-bond acceptors (Lipinski definition) is 4. The van der Waals surface area contributed by atoms with Crippen LogP contribution in [0, 0.1) is 0 Å². The summed E-state index contributed by atoms with van der Waals surface area (Å²) in [6.07, 6.45) is 4.55. The lowest BCUT2D eigenvalue weighted by molar-refractivity contribution is -0.0414. The summed E-state index contributed by atoms with van der Waals surface area (Å²) in [6.45, 7) is 7.20. The average Bonchev–Trinajstić information content (AvgIpc) is 2.79. The van der Waals surface area contributed by atoms with Crippen LogP contribution in [0.25, 0.3) is 0 Å². The number of nitrogens with zero attached hydrogens (tertiary/aromatic N) is 2. The van der Waals surface area contributed by atoms with Crippen molar-refractivity contribution in [1.82, 2.24) is 15.2 Å². The fourth-order valence-corrected chi connectivity index (χ4v) is 3.17. The Morgan fingerprint density at radius 2 is 2.00 bits per heavy atom. The number of hydrogen-bond donors (Lipinski definition) is 1. The Morgan fingerprint density at radius 1 is 1.25 bits per heavy atom. The first kappa shape index (κ1) is 14.0. The minimum Gasteiger partial charge on any atom is -0.372 e. The monoisotopic (exact) mass is 275 g/mol. The first-order valence-electron chi connectivity index (χ1n) is 7.87. The number of aromatic nitrogens is 1. The van der Waals surface area contributed by atoms with Gasteiger partial charge in [-0.1, -0.05) is 13.0 Å². The van der Waals surface area contributed by atoms with E-state index in [1.165, 1.54) is 18.5 Å². The minimum atomic E-state index is 0.461. The SMILES string of the molecule is CCCNCc1cccc(CN2CC3CCC(C2)O3)n1. The van der Waals surface area contributed by atoms with Crippen molar-refractivity contribution in [2.45, 2.75) is 51.5 Å². The number of morpholine rings is 1. The summed E-state index contributed by atoms with van der Waals surface area (Å²) in [7, 11) is 0. The maximum absolute atomic E-state index is 5.88. The molecule has 4 nitrogen and oxygen atoms in total. The van der Waals surface area contributed by atoms with Gasteiger partial charge < -0.3 is 10.1 Å². The van der Waals surface area contributed by atoms with Crippen molar-refractivity contribution >= 4 is 0 Å². The Labute approximate surface area is 121 Å². The van der Waals surface area contributed by atoms with Crippen molar-refractivity contribution in [1.29, 1.82) is 0 Å². The maximum Gasteiger partial charge on any atom is 0.0707 e. The lowest BCUT2D eigenvalue weighted by atomic mass is 10.2. The van der Waals surface area contributed by atoms with E-state index in [4.69, 9.17) is 9.72 Å². The lowest BCUT2D eigenvalue weighted by Gasteiger charge is -2.31. The van der Waals surface area contributed by atoms with Crippen molar-refractivity contribution in [3.05, 3.63) is 29.6 Å². The van der Waals surface area contributed by atoms with Gasteiger partial charge in [0.1, 0.15) is 0 Å². The average molecular weight is 275 g/mol. The molecule has 20 heavy (non-hydrogen) atoms. The molecular formula is C16H25N3O. The highest BCUT2D eigenvalue weighted by atomic mass is 16.5. The summed E-state index contributed by atoms with van der Waals surface area (Å²) >= 11 is 0. The number of nitrogens with one attached hydrogen (secondary N) is 1. The van der Waals surface area contributed by atoms with E-state index in [0.29, 0.717) is 12.2 Å². The third kappa shape index (κ3) is 3.57. The summed E-state index contributed by atoms with van der Waals surface area (Å²) < 4.78 is 5.88. The molecule has 0 spiro atoms. The molecule has 2 aliphatic rings. The van der Waals surface area contributed by atoms with E-state index in [2.05, 4.69) is 35.3 Å². The molecule has 2 unspecified atom stereocenters. The standard InChI is InChI=1S/C16H25N3O/c1-2-8-17-9-13-4-3-5-14(18-13)10-19-11-15-6-7-16(12-19)20-15/h3-5,15-17H,2,6-12H2,1H3. The van der Waals surface area contributed by atoms with Crippen LogP contribution in [0.3, 0.4) is 0 Å². The Hall–Kier alpha value is -0.970. The van der Waals surface area contributed by atoms with Crippen molar-refractivity contribution in [2.75, 3.05) is 19.6 Å². The molecule has 0 aromatic carbocycles. The van der Waals surface area contributed by atoms with E-state index < -0.39 is 0 Å². The predicted octanol–water partition coefficient (Wildman–Crippen LogP) is 1.94. The fourth-order valence-electron chi connectivity index (χ4n) is 3.17. The number of likely N-dealkylation sites (tertiary alicyclic amines) is 1. The Kier molecular flexibility index (Phi) is 4.65. The molecule has 0 amide bonds. The predicted molar refractivity (Wildman–Crippen MR) is 79.4 cm³/mol. The van der Waals surface area contributed by atoms with Gasteiger partial charge in [-0.3, -0.25) is 9.88 Å². The second-order valence-electron chi connectivity index (χ2n) is 5.95. The van der Waals surface area contributed by atoms with Crippen LogP contribution >= 0.6 is 0 Å². The highest BCUT2D eigenvalue weighted by Gasteiger charge is 2.33. The smallest absolute Gasteiger partial charge is 0.0707 e. The van der Waals surface area contributed by atoms with E-state index in [0.717, 1.165) is 44.8 Å². The van der Waals surface area contributed by atoms with Crippen LogP contribution in [0.1, 0.15) is 37.6 Å². The molecule has 2 aliphatic heterocycles. The molecule has 3 rings (SSSR count). The molecule has 1 aromatic heterocycles. The van der Waals surface area contributed by atoms with Crippen molar-refractivity contribution in [3.63, 3.8) is 0 Å². The molecule has 0 radical (unpaired) electrons. The summed E-state index contributed by atoms with van der Waals surface area (Å²) in [5.74, 6) is 0. The van der Waals surface area contributed by atoms with Crippen molar-refractivity contribution in [2.24, 2.45) is 0 Å². The van der Waals surface area contributed by atoms with Gasteiger partial charge in [-0.2, -0.15) is 0 Å². The summed E-state index contributed by atoms with van der Waals surface area (Å²) in [5.41, 5.74) is 2.33. The summed E-state index contributed by atoms with van der Waals surface area (Å²) in [6, 6.07) is 6.37. The second kappa shape index (κ2) is 6.66. The number of fused-ring (bicyclic) bond motifs is 2. The first-order chi connectivity index (χ1) is 9.83. The van der Waals surface area contributed by atoms with Crippen LogP contribution in [0.15, 0.2) is 18.2 Å². The largest absolute Gasteiger partial charge is 0.372 e. The quantitative estimate of drug-likeness (QED) is 0.805. The van der Waals surface area contributed by atoms with Gasteiger partial charge in [-0.15, -0.1) is 0 Å². The van der Waals surface area contributed by atoms with E-state index in [1.807, 2.05) is 0 Å². The molecule has 2 saturated heterocycles. The van der Waals surface area contributed by atoms with Crippen LogP contribution in [-0.4, -0.2) is 41.7 Å². The van der Waals surface area contributed by atoms with E-state index >= 15 is 0 Å². The van der Waals surface area contributed by atoms with E-state index in [-0.39, 0.29) is 0 Å². The molecular weight excluding hydrogens is 250 g/mol. The molecule has 4 heteroatoms. The van der Waals surface area contributed by atoms with Gasteiger partial charge in [0.25, 0.3) is 0 Å². The van der Waals surface area contributed by atoms with Gasteiger partial charge in [0.15, 0.2) is 0 Å². The third-order valence-electron chi connectivity index (χ3n) is 4.10. The first-order valence-corrected chi connectivity index (χ1v) is 7.87. The van der Waals surface area contributed by atoms with Crippen LogP contribution in [-0.2, 0) is 17.8 Å². The normalized spacial score (nSPS) is 26.1. The van der Waals surface area contributed by atoms with Crippen LogP contribution < -0.4 is 5.32 Å². The number of ether oxygens (including phenoxy) is 1. The van der Waals surface area contributed by atoms with E-state index in [1.54, 1.807) is 0 Å². The van der Waals surface area contributed by atoms with Gasteiger partial charge in [-0.05, 0) is 37.9 Å². The third-order valence-corrected chi connectivity index (χ3v) is 4.10. The molecule has 0 saturated carbocycles. The van der Waals surface area contributed by atoms with E-state index in [9.17, 15) is 0 Å². The zero-order valence-corrected chi connectivity index (χ0v) is 12.3. The molecule has 110 valence electrons. The van der Waals surface area contributed by atoms with Gasteiger partial charge in [0.05, 0.1) is 23.6 Å². The second-order valence-corrected chi connectivity index (χ2v) is 5.95. The summed E-state index contributed by atoms with van der Waals surface area (Å²) in [5, 5.41) is 3.41. The Bertz CT molecular complexity index is 425. The minimum absolute atomic E-state index is 0.461. The molecule has 2 atom stereocenters. The number of rotatable bonds is 6. The summed E-state index contributed by atoms with van der Waals surface area (Å²) in [4.78, 5) is 7.26. The molecule has 1 N–H and O–H groups in total. The highest BCUT2D eigenvalue weighted by Crippen LogP contribution is 2.26. The topological polar surface area (TPSA) is 37.4 Å². The Balaban J connectivity index is 1.55. The van der Waals surface area contributed by atoms with Crippen molar-refractivity contribution < 1.29 is 4.74 Å². The fraction of sp³-hybridized carbons (Fsp3) is 0.688. The molecule has 3 heterocycles. The zero-order valence-electron chi connectivity index (χ0n) is 12.3. The molecule has 0 aliphatic carbocycles. The highest BCUT2D eigenvalue weighted by molar-refractivity contribution is 5.11. The molecule has 1 aromatic rings. The Morgan fingerprint density at radius 3 is 2.75 bits per heavy atom. The van der Waals surface area contributed by atoms with Crippen LogP contribution in [0.4, 0.5) is 0 Å². The van der Waals surface area contributed by atoms with Gasteiger partial charge in [-0.25, -0.2) is 0 Å². The number of pyridine rings is 1. The van der Waals surface area contributed by atoms with Crippen molar-refractivity contribution in [3.8, 4) is 0 Å². The molecule has 2 bridgehead atoms. The van der Waals surface area contributed by atoms with Crippen LogP contribution in [0.5, 0.6) is 0 Å². The van der Waals surface area contributed by atoms with Gasteiger partial charge in [0.2, 0.25) is 0 Å². The lowest BCUT2D eigenvalue weighted by Crippen LogP contribution is -2.42. The molecule has 2 fully saturated rings.